The molecule has 13 heavy (non-hydrogen) atoms. The van der Waals surface area contributed by atoms with E-state index in [1.165, 1.54) is 25.7 Å². The van der Waals surface area contributed by atoms with Crippen molar-refractivity contribution in [3.63, 3.8) is 0 Å². The highest BCUT2D eigenvalue weighted by atomic mass is 16.3. The van der Waals surface area contributed by atoms with Gasteiger partial charge in [-0.25, -0.2) is 0 Å². The molecule has 3 aliphatic carbocycles. The topological polar surface area (TPSA) is 20.2 Å². The molecule has 0 aromatic carbocycles. The van der Waals surface area contributed by atoms with Gasteiger partial charge in [-0.3, -0.25) is 0 Å². The summed E-state index contributed by atoms with van der Waals surface area (Å²) in [6.45, 7) is 2.16. The van der Waals surface area contributed by atoms with E-state index < -0.39 is 0 Å². The Balaban J connectivity index is 1.89. The second kappa shape index (κ2) is 2.50. The molecule has 0 aromatic heterocycles. The van der Waals surface area contributed by atoms with Crippen LogP contribution in [-0.2, 0) is 0 Å². The molecule has 5 atom stereocenters. The molecule has 0 spiro atoms. The molecule has 3 saturated carbocycles. The molecule has 3 fully saturated rings. The lowest BCUT2D eigenvalue weighted by Crippen LogP contribution is -2.40. The highest BCUT2D eigenvalue weighted by Crippen LogP contribution is 2.62. The van der Waals surface area contributed by atoms with Crippen LogP contribution in [0.1, 0.15) is 45.4 Å². The van der Waals surface area contributed by atoms with Gasteiger partial charge in [0.25, 0.3) is 0 Å². The molecule has 3 aliphatic rings. The maximum Gasteiger partial charge on any atom is 0.0678 e. The molecule has 0 saturated heterocycles. The van der Waals surface area contributed by atoms with Crippen molar-refractivity contribution in [1.82, 2.24) is 0 Å². The van der Waals surface area contributed by atoms with Gasteiger partial charge in [-0.05, 0) is 55.8 Å². The van der Waals surface area contributed by atoms with E-state index in [1.807, 2.05) is 0 Å². The molecule has 0 aliphatic heterocycles. The summed E-state index contributed by atoms with van der Waals surface area (Å²) in [7, 11) is 0. The second-order valence-electron chi connectivity index (χ2n) is 5.52. The van der Waals surface area contributed by atoms with Crippen molar-refractivity contribution in [1.29, 1.82) is 0 Å². The fraction of sp³-hybridized carbons (Fsp3) is 1.00. The molecule has 1 heteroatoms. The molecule has 0 heterocycles. The molecule has 0 amide bonds. The maximum absolute atomic E-state index is 10.4. The summed E-state index contributed by atoms with van der Waals surface area (Å²) in [6, 6.07) is 0. The van der Waals surface area contributed by atoms with Crippen LogP contribution < -0.4 is 0 Å². The van der Waals surface area contributed by atoms with Gasteiger partial charge >= 0.3 is 0 Å². The third-order valence-corrected chi connectivity index (χ3v) is 5.22. The van der Waals surface area contributed by atoms with Crippen LogP contribution in [0.5, 0.6) is 0 Å². The van der Waals surface area contributed by atoms with E-state index in [-0.39, 0.29) is 5.60 Å². The summed E-state index contributed by atoms with van der Waals surface area (Å²) in [5, 5.41) is 10.4. The Labute approximate surface area is 80.5 Å². The molecule has 74 valence electrons. The molecule has 2 bridgehead atoms. The van der Waals surface area contributed by atoms with E-state index in [0.29, 0.717) is 5.92 Å². The first-order valence-electron chi connectivity index (χ1n) is 5.97. The zero-order chi connectivity index (χ0) is 9.05. The van der Waals surface area contributed by atoms with E-state index in [9.17, 15) is 5.11 Å². The van der Waals surface area contributed by atoms with Crippen molar-refractivity contribution in [3.05, 3.63) is 0 Å². The monoisotopic (exact) mass is 180 g/mol. The van der Waals surface area contributed by atoms with Gasteiger partial charge in [-0.1, -0.05) is 13.3 Å². The Morgan fingerprint density at radius 1 is 1.31 bits per heavy atom. The average molecular weight is 180 g/mol. The summed E-state index contributed by atoms with van der Waals surface area (Å²) in [4.78, 5) is 0. The molecule has 2 unspecified atom stereocenters. The van der Waals surface area contributed by atoms with E-state index in [1.54, 1.807) is 0 Å². The molecular formula is C12H20O. The van der Waals surface area contributed by atoms with Crippen LogP contribution in [0.3, 0.4) is 0 Å². The normalized spacial score (nSPS) is 58.6. The van der Waals surface area contributed by atoms with Crippen LogP contribution in [0.2, 0.25) is 0 Å². The molecule has 1 N–H and O–H groups in total. The maximum atomic E-state index is 10.4. The van der Waals surface area contributed by atoms with Gasteiger partial charge in [0.1, 0.15) is 0 Å². The van der Waals surface area contributed by atoms with Crippen LogP contribution in [0.25, 0.3) is 0 Å². The zero-order valence-corrected chi connectivity index (χ0v) is 8.50. The number of rotatable bonds is 1. The van der Waals surface area contributed by atoms with Gasteiger partial charge in [-0.15, -0.1) is 0 Å². The van der Waals surface area contributed by atoms with Crippen molar-refractivity contribution in [2.75, 3.05) is 0 Å². The minimum atomic E-state index is -0.254. The predicted octanol–water partition coefficient (Wildman–Crippen LogP) is 2.58. The van der Waals surface area contributed by atoms with Crippen LogP contribution in [0.15, 0.2) is 0 Å². The van der Waals surface area contributed by atoms with Crippen LogP contribution >= 0.6 is 0 Å². The Morgan fingerprint density at radius 3 is 2.85 bits per heavy atom. The van der Waals surface area contributed by atoms with Gasteiger partial charge in [0.15, 0.2) is 0 Å². The SMILES string of the molecule is CC[C@]1(O)C[C@H]2C[C@@H]1C1CCCC12. The smallest absolute Gasteiger partial charge is 0.0678 e. The zero-order valence-electron chi connectivity index (χ0n) is 8.50. The van der Waals surface area contributed by atoms with E-state index >= 15 is 0 Å². The molecular weight excluding hydrogens is 160 g/mol. The van der Waals surface area contributed by atoms with E-state index in [0.717, 1.165) is 30.6 Å². The quantitative estimate of drug-likeness (QED) is 0.657. The first-order chi connectivity index (χ1) is 6.24. The third-order valence-electron chi connectivity index (χ3n) is 5.22. The van der Waals surface area contributed by atoms with Gasteiger partial charge in [-0.2, -0.15) is 0 Å². The lowest BCUT2D eigenvalue weighted by molar-refractivity contribution is -0.0482. The Bertz CT molecular complexity index is 225. The lowest BCUT2D eigenvalue weighted by atomic mass is 9.72. The fourth-order valence-electron chi connectivity index (χ4n) is 4.64. The number of fused-ring (bicyclic) bond motifs is 5. The summed E-state index contributed by atoms with van der Waals surface area (Å²) in [6.07, 6.45) is 7.76. The highest BCUT2D eigenvalue weighted by Gasteiger charge is 2.59. The summed E-state index contributed by atoms with van der Waals surface area (Å²) < 4.78 is 0. The Kier molecular flexibility index (Phi) is 1.59. The van der Waals surface area contributed by atoms with Crippen LogP contribution in [0.4, 0.5) is 0 Å². The minimum absolute atomic E-state index is 0.254. The summed E-state index contributed by atoms with van der Waals surface area (Å²) in [5.74, 6) is 3.48. The molecule has 0 aromatic rings. The molecule has 0 radical (unpaired) electrons. The van der Waals surface area contributed by atoms with Crippen molar-refractivity contribution in [2.45, 2.75) is 51.0 Å². The largest absolute Gasteiger partial charge is 0.390 e. The van der Waals surface area contributed by atoms with Crippen LogP contribution in [0, 0.1) is 23.7 Å². The minimum Gasteiger partial charge on any atom is -0.390 e. The number of hydrogen-bond donors (Lipinski definition) is 1. The summed E-state index contributed by atoms with van der Waals surface area (Å²) in [5.41, 5.74) is -0.254. The highest BCUT2D eigenvalue weighted by molar-refractivity contribution is 5.09. The summed E-state index contributed by atoms with van der Waals surface area (Å²) >= 11 is 0. The number of aliphatic hydroxyl groups is 1. The first-order valence-corrected chi connectivity index (χ1v) is 5.97. The van der Waals surface area contributed by atoms with Crippen molar-refractivity contribution in [2.24, 2.45) is 23.7 Å². The van der Waals surface area contributed by atoms with Gasteiger partial charge in [0, 0.05) is 0 Å². The molecule has 1 nitrogen and oxygen atoms in total. The Morgan fingerprint density at radius 2 is 2.08 bits per heavy atom. The van der Waals surface area contributed by atoms with Gasteiger partial charge in [0.05, 0.1) is 5.60 Å². The average Bonchev–Trinajstić information content (AvgIpc) is 2.72. The van der Waals surface area contributed by atoms with Crippen LogP contribution in [-0.4, -0.2) is 10.7 Å². The van der Waals surface area contributed by atoms with Crippen molar-refractivity contribution < 1.29 is 5.11 Å². The molecule has 3 rings (SSSR count). The standard InChI is InChI=1S/C12H20O/c1-2-12(13)7-8-6-11(12)10-5-3-4-9(8)10/h8-11,13H,2-7H2,1H3/t8-,9?,10?,11-,12+/m1/s1. The van der Waals surface area contributed by atoms with Gasteiger partial charge < -0.3 is 5.11 Å². The first kappa shape index (κ1) is 8.28. The lowest BCUT2D eigenvalue weighted by Gasteiger charge is -2.38. The second-order valence-corrected chi connectivity index (χ2v) is 5.52. The Hall–Kier alpha value is -0.0400. The number of hydrogen-bond acceptors (Lipinski definition) is 1. The van der Waals surface area contributed by atoms with E-state index in [2.05, 4.69) is 6.92 Å². The van der Waals surface area contributed by atoms with E-state index in [4.69, 9.17) is 0 Å². The van der Waals surface area contributed by atoms with Crippen molar-refractivity contribution >= 4 is 0 Å². The van der Waals surface area contributed by atoms with Crippen molar-refractivity contribution in [3.8, 4) is 0 Å². The predicted molar refractivity (Wildman–Crippen MR) is 52.3 cm³/mol. The fourth-order valence-corrected chi connectivity index (χ4v) is 4.64. The van der Waals surface area contributed by atoms with Gasteiger partial charge in [0.2, 0.25) is 0 Å². The third kappa shape index (κ3) is 0.918.